The Morgan fingerprint density at radius 2 is 2.14 bits per heavy atom. The van der Waals surface area contributed by atoms with Crippen molar-refractivity contribution in [1.29, 1.82) is 0 Å². The number of hydrogen-bond acceptors (Lipinski definition) is 2. The first kappa shape index (κ1) is 17.4. The van der Waals surface area contributed by atoms with Crippen LogP contribution in [0.4, 0.5) is 9.18 Å². The molecule has 0 aliphatic heterocycles. The van der Waals surface area contributed by atoms with E-state index in [1.54, 1.807) is 20.0 Å². The number of aliphatic hydroxyl groups is 1. The van der Waals surface area contributed by atoms with Gasteiger partial charge in [-0.25, -0.2) is 9.18 Å². The van der Waals surface area contributed by atoms with Gasteiger partial charge in [0.05, 0.1) is 6.10 Å². The van der Waals surface area contributed by atoms with E-state index in [4.69, 9.17) is 0 Å². The van der Waals surface area contributed by atoms with Crippen molar-refractivity contribution in [2.45, 2.75) is 38.7 Å². The molecule has 0 bridgehead atoms. The summed E-state index contributed by atoms with van der Waals surface area (Å²) in [6.07, 6.45) is 0.112. The minimum absolute atomic E-state index is 0.194. The molecule has 0 heterocycles. The molecule has 1 rings (SSSR count). The topological polar surface area (TPSA) is 52.6 Å². The number of amides is 2. The fourth-order valence-electron chi connectivity index (χ4n) is 1.93. The van der Waals surface area contributed by atoms with Crippen LogP contribution in [0.1, 0.15) is 32.8 Å². The van der Waals surface area contributed by atoms with Gasteiger partial charge >= 0.3 is 6.03 Å². The Labute approximate surface area is 126 Å². The van der Waals surface area contributed by atoms with Crippen molar-refractivity contribution >= 4 is 6.03 Å². The number of carbonyl (C=O) groups excluding carboxylic acids is 1. The van der Waals surface area contributed by atoms with Crippen molar-refractivity contribution in [3.63, 3.8) is 0 Å². The number of nitrogens with zero attached hydrogens (tertiary/aromatic N) is 1. The number of benzene rings is 1. The summed E-state index contributed by atoms with van der Waals surface area (Å²) in [6, 6.07) is 6.22. The van der Waals surface area contributed by atoms with Crippen molar-refractivity contribution in [1.82, 2.24) is 10.2 Å². The lowest BCUT2D eigenvalue weighted by Crippen LogP contribution is -2.43. The van der Waals surface area contributed by atoms with Gasteiger partial charge in [-0.3, -0.25) is 0 Å². The van der Waals surface area contributed by atoms with Crippen molar-refractivity contribution in [2.75, 3.05) is 20.1 Å². The first-order valence-electron chi connectivity index (χ1n) is 7.15. The quantitative estimate of drug-likeness (QED) is 0.847. The zero-order valence-electron chi connectivity index (χ0n) is 13.2. The third-order valence-electron chi connectivity index (χ3n) is 3.52. The van der Waals surface area contributed by atoms with E-state index in [9.17, 15) is 14.3 Å². The lowest BCUT2D eigenvalue weighted by atomic mass is 9.84. The SMILES string of the molecule is CC(O)CCN(C)C(=O)NCC(C)(C)c1cccc(F)c1. The van der Waals surface area contributed by atoms with E-state index < -0.39 is 6.10 Å². The molecule has 0 spiro atoms. The normalized spacial score (nSPS) is 12.9. The molecule has 4 nitrogen and oxygen atoms in total. The number of carbonyl (C=O) groups is 1. The molecule has 1 aromatic rings. The zero-order valence-corrected chi connectivity index (χ0v) is 13.2. The van der Waals surface area contributed by atoms with E-state index in [2.05, 4.69) is 5.32 Å². The van der Waals surface area contributed by atoms with Gasteiger partial charge in [0.1, 0.15) is 5.82 Å². The lowest BCUT2D eigenvalue weighted by Gasteiger charge is -2.27. The van der Waals surface area contributed by atoms with Crippen LogP contribution in [0.5, 0.6) is 0 Å². The van der Waals surface area contributed by atoms with E-state index in [-0.39, 0.29) is 17.3 Å². The largest absolute Gasteiger partial charge is 0.393 e. The molecule has 0 saturated carbocycles. The Bertz CT molecular complexity index is 475. The Morgan fingerprint density at radius 3 is 2.71 bits per heavy atom. The first-order chi connectivity index (χ1) is 9.72. The molecule has 1 atom stereocenters. The van der Waals surface area contributed by atoms with Crippen molar-refractivity contribution in [3.8, 4) is 0 Å². The average Bonchev–Trinajstić information content (AvgIpc) is 2.42. The van der Waals surface area contributed by atoms with E-state index in [0.29, 0.717) is 19.5 Å². The van der Waals surface area contributed by atoms with Gasteiger partial charge in [0, 0.05) is 25.6 Å². The van der Waals surface area contributed by atoms with Gasteiger partial charge in [-0.1, -0.05) is 26.0 Å². The molecule has 0 saturated heterocycles. The van der Waals surface area contributed by atoms with Crippen LogP contribution in [-0.4, -0.2) is 42.3 Å². The predicted octanol–water partition coefficient (Wildman–Crippen LogP) is 2.52. The maximum atomic E-state index is 13.3. The highest BCUT2D eigenvalue weighted by Gasteiger charge is 2.22. The minimum Gasteiger partial charge on any atom is -0.393 e. The predicted molar refractivity (Wildman–Crippen MR) is 81.8 cm³/mol. The van der Waals surface area contributed by atoms with Crippen molar-refractivity contribution in [2.24, 2.45) is 0 Å². The van der Waals surface area contributed by atoms with Crippen molar-refractivity contribution in [3.05, 3.63) is 35.6 Å². The summed E-state index contributed by atoms with van der Waals surface area (Å²) in [4.78, 5) is 13.5. The highest BCUT2D eigenvalue weighted by atomic mass is 19.1. The number of hydrogen-bond donors (Lipinski definition) is 2. The molecule has 2 amide bonds. The molecule has 21 heavy (non-hydrogen) atoms. The Morgan fingerprint density at radius 1 is 1.48 bits per heavy atom. The van der Waals surface area contributed by atoms with Crippen LogP contribution in [0.25, 0.3) is 0 Å². The molecule has 1 aromatic carbocycles. The van der Waals surface area contributed by atoms with Gasteiger partial charge in [-0.15, -0.1) is 0 Å². The zero-order chi connectivity index (χ0) is 16.0. The van der Waals surface area contributed by atoms with Gasteiger partial charge in [-0.05, 0) is 31.0 Å². The standard InChI is InChI=1S/C16H25FN2O2/c1-12(20)8-9-19(4)15(21)18-11-16(2,3)13-6-5-7-14(17)10-13/h5-7,10,12,20H,8-9,11H2,1-4H3,(H,18,21). The van der Waals surface area contributed by atoms with Crippen LogP contribution in [0.3, 0.4) is 0 Å². The second kappa shape index (κ2) is 7.41. The van der Waals surface area contributed by atoms with E-state index in [1.807, 2.05) is 19.9 Å². The summed E-state index contributed by atoms with van der Waals surface area (Å²) >= 11 is 0. The number of rotatable bonds is 6. The van der Waals surface area contributed by atoms with Crippen molar-refractivity contribution < 1.29 is 14.3 Å². The highest BCUT2D eigenvalue weighted by molar-refractivity contribution is 5.73. The summed E-state index contributed by atoms with van der Waals surface area (Å²) in [7, 11) is 1.69. The first-order valence-corrected chi connectivity index (χ1v) is 7.15. The molecular formula is C16H25FN2O2. The fraction of sp³-hybridized carbons (Fsp3) is 0.562. The monoisotopic (exact) mass is 296 g/mol. The second-order valence-corrected chi connectivity index (χ2v) is 6.11. The molecule has 0 aromatic heterocycles. The van der Waals surface area contributed by atoms with E-state index >= 15 is 0 Å². The third-order valence-corrected chi connectivity index (χ3v) is 3.52. The van der Waals surface area contributed by atoms with Gasteiger partial charge in [0.2, 0.25) is 0 Å². The Kier molecular flexibility index (Phi) is 6.15. The Balaban J connectivity index is 2.55. The van der Waals surface area contributed by atoms with E-state index in [1.165, 1.54) is 17.0 Å². The average molecular weight is 296 g/mol. The molecule has 0 aliphatic carbocycles. The molecule has 0 aliphatic rings. The van der Waals surface area contributed by atoms with Gasteiger partial charge in [0.15, 0.2) is 0 Å². The van der Waals surface area contributed by atoms with E-state index in [0.717, 1.165) is 5.56 Å². The van der Waals surface area contributed by atoms with Gasteiger partial charge in [0.25, 0.3) is 0 Å². The van der Waals surface area contributed by atoms with Gasteiger partial charge < -0.3 is 15.3 Å². The number of halogens is 1. The van der Waals surface area contributed by atoms with Crippen LogP contribution < -0.4 is 5.32 Å². The summed E-state index contributed by atoms with van der Waals surface area (Å²) in [5.41, 5.74) is 0.484. The van der Waals surface area contributed by atoms with Crippen LogP contribution in [0.15, 0.2) is 24.3 Å². The van der Waals surface area contributed by atoms with Gasteiger partial charge in [-0.2, -0.15) is 0 Å². The Hall–Kier alpha value is -1.62. The van der Waals surface area contributed by atoms with Crippen LogP contribution in [0, 0.1) is 5.82 Å². The number of aliphatic hydroxyl groups excluding tert-OH is 1. The highest BCUT2D eigenvalue weighted by Crippen LogP contribution is 2.22. The maximum absolute atomic E-state index is 13.3. The minimum atomic E-state index is -0.427. The third kappa shape index (κ3) is 5.71. The molecular weight excluding hydrogens is 271 g/mol. The maximum Gasteiger partial charge on any atom is 0.317 e. The van der Waals surface area contributed by atoms with Crippen LogP contribution in [0.2, 0.25) is 0 Å². The van der Waals surface area contributed by atoms with Crippen LogP contribution in [-0.2, 0) is 5.41 Å². The summed E-state index contributed by atoms with van der Waals surface area (Å²) in [5.74, 6) is -0.277. The molecule has 1 unspecified atom stereocenters. The molecule has 2 N–H and O–H groups in total. The molecule has 0 radical (unpaired) electrons. The number of urea groups is 1. The lowest BCUT2D eigenvalue weighted by molar-refractivity contribution is 0.163. The molecule has 118 valence electrons. The van der Waals surface area contributed by atoms with Crippen LogP contribution >= 0.6 is 0 Å². The second-order valence-electron chi connectivity index (χ2n) is 6.11. The fourth-order valence-corrected chi connectivity index (χ4v) is 1.93. The number of nitrogens with one attached hydrogen (secondary N) is 1. The summed E-state index contributed by atoms with van der Waals surface area (Å²) < 4.78 is 13.3. The molecule has 5 heteroatoms. The molecule has 0 fully saturated rings. The smallest absolute Gasteiger partial charge is 0.317 e. The summed E-state index contributed by atoms with van der Waals surface area (Å²) in [5, 5.41) is 12.1. The summed E-state index contributed by atoms with van der Waals surface area (Å²) in [6.45, 7) is 6.51.